The Bertz CT molecular complexity index is 1110. The van der Waals surface area contributed by atoms with Crippen molar-refractivity contribution in [2.45, 2.75) is 6.54 Å². The van der Waals surface area contributed by atoms with Crippen LogP contribution in [0.25, 0.3) is 21.0 Å². The molecule has 28 heavy (non-hydrogen) atoms. The molecule has 9 heteroatoms. The van der Waals surface area contributed by atoms with Crippen molar-refractivity contribution in [1.82, 2.24) is 15.7 Å². The number of aromatic nitrogens is 1. The molecular weight excluding hydrogens is 380 g/mol. The first kappa shape index (κ1) is 17.7. The van der Waals surface area contributed by atoms with E-state index in [9.17, 15) is 9.59 Å². The number of thiazole rings is 1. The number of rotatable bonds is 5. The van der Waals surface area contributed by atoms with Gasteiger partial charge in [0, 0.05) is 0 Å². The molecule has 0 aliphatic carbocycles. The Balaban J connectivity index is 1.33. The number of hydrazone groups is 1. The van der Waals surface area contributed by atoms with E-state index in [-0.39, 0.29) is 6.54 Å². The van der Waals surface area contributed by atoms with Gasteiger partial charge in [-0.15, -0.1) is 11.3 Å². The van der Waals surface area contributed by atoms with Crippen LogP contribution in [0.15, 0.2) is 68.7 Å². The number of para-hydroxylation sites is 1. The summed E-state index contributed by atoms with van der Waals surface area (Å²) in [4.78, 5) is 27.9. The van der Waals surface area contributed by atoms with Crippen LogP contribution in [0.1, 0.15) is 11.5 Å². The number of carbonyl (C=O) groups excluding carboxylic acids is 2. The molecule has 0 bridgehead atoms. The molecule has 0 spiro atoms. The molecule has 3 heterocycles. The molecule has 0 radical (unpaired) electrons. The van der Waals surface area contributed by atoms with Gasteiger partial charge in [0.05, 0.1) is 29.2 Å². The zero-order chi connectivity index (χ0) is 19.3. The molecule has 140 valence electrons. The van der Waals surface area contributed by atoms with Gasteiger partial charge in [-0.3, -0.25) is 9.59 Å². The average Bonchev–Trinajstić information content (AvgIpc) is 3.45. The van der Waals surface area contributed by atoms with Gasteiger partial charge in [-0.1, -0.05) is 12.1 Å². The van der Waals surface area contributed by atoms with Gasteiger partial charge in [-0.05, 0) is 36.4 Å². The van der Waals surface area contributed by atoms with Crippen molar-refractivity contribution in [3.63, 3.8) is 0 Å². The molecule has 0 atom stereocenters. The van der Waals surface area contributed by atoms with E-state index in [1.807, 2.05) is 24.3 Å². The highest BCUT2D eigenvalue weighted by atomic mass is 32.1. The maximum Gasteiger partial charge on any atom is 0.329 e. The SMILES string of the molecule is O=C(NCc1ccco1)C(=O)N/N=C\c1ccc(-c2nc3ccccc3s2)o1. The lowest BCUT2D eigenvalue weighted by Crippen LogP contribution is -2.37. The van der Waals surface area contributed by atoms with Crippen molar-refractivity contribution in [1.29, 1.82) is 0 Å². The number of hydrogen-bond donors (Lipinski definition) is 2. The average molecular weight is 394 g/mol. The molecular formula is C19H14N4O4S. The van der Waals surface area contributed by atoms with Crippen LogP contribution in [0.5, 0.6) is 0 Å². The Kier molecular flexibility index (Phi) is 4.98. The molecule has 3 aromatic heterocycles. The standard InChI is InChI=1S/C19H14N4O4S/c24-17(20-10-12-4-3-9-26-12)18(25)23-21-11-13-7-8-15(27-13)19-22-14-5-1-2-6-16(14)28-19/h1-9,11H,10H2,(H,20,24)(H,23,25)/b21-11-. The molecule has 0 saturated heterocycles. The van der Waals surface area contributed by atoms with Crippen molar-refractivity contribution in [3.05, 3.63) is 66.3 Å². The summed E-state index contributed by atoms with van der Waals surface area (Å²) in [7, 11) is 0. The molecule has 4 rings (SSSR count). The first-order chi connectivity index (χ1) is 13.7. The molecule has 1 aromatic carbocycles. The van der Waals surface area contributed by atoms with Gasteiger partial charge in [0.1, 0.15) is 11.5 Å². The first-order valence-corrected chi connectivity index (χ1v) is 9.10. The summed E-state index contributed by atoms with van der Waals surface area (Å²) >= 11 is 1.52. The lowest BCUT2D eigenvalue weighted by molar-refractivity contribution is -0.139. The fourth-order valence-corrected chi connectivity index (χ4v) is 3.31. The summed E-state index contributed by atoms with van der Waals surface area (Å²) in [6.07, 6.45) is 2.80. The van der Waals surface area contributed by atoms with Crippen LogP contribution in [0.2, 0.25) is 0 Å². The van der Waals surface area contributed by atoms with E-state index in [0.717, 1.165) is 15.2 Å². The molecule has 4 aromatic rings. The zero-order valence-electron chi connectivity index (χ0n) is 14.4. The third-order valence-electron chi connectivity index (χ3n) is 3.70. The Morgan fingerprint density at radius 2 is 2.00 bits per heavy atom. The summed E-state index contributed by atoms with van der Waals surface area (Å²) < 4.78 is 11.8. The number of benzene rings is 1. The van der Waals surface area contributed by atoms with Crippen LogP contribution in [0.3, 0.4) is 0 Å². The van der Waals surface area contributed by atoms with E-state index in [0.29, 0.717) is 17.3 Å². The van der Waals surface area contributed by atoms with E-state index in [1.54, 1.807) is 24.3 Å². The molecule has 2 N–H and O–H groups in total. The van der Waals surface area contributed by atoms with Gasteiger partial charge in [0.2, 0.25) is 0 Å². The number of furan rings is 2. The fraction of sp³-hybridized carbons (Fsp3) is 0.0526. The summed E-state index contributed by atoms with van der Waals surface area (Å²) in [6, 6.07) is 14.7. The number of nitrogens with one attached hydrogen (secondary N) is 2. The van der Waals surface area contributed by atoms with Crippen LogP contribution in [0, 0.1) is 0 Å². The van der Waals surface area contributed by atoms with Gasteiger partial charge in [-0.25, -0.2) is 10.4 Å². The molecule has 0 aliphatic rings. The maximum atomic E-state index is 11.7. The molecule has 0 fully saturated rings. The van der Waals surface area contributed by atoms with E-state index < -0.39 is 11.8 Å². The Morgan fingerprint density at radius 3 is 2.82 bits per heavy atom. The molecule has 0 unspecified atom stereocenters. The number of hydrogen-bond acceptors (Lipinski definition) is 7. The minimum atomic E-state index is -0.888. The largest absolute Gasteiger partial charge is 0.467 e. The normalized spacial score (nSPS) is 11.1. The monoisotopic (exact) mass is 394 g/mol. The third-order valence-corrected chi connectivity index (χ3v) is 4.75. The van der Waals surface area contributed by atoms with Crippen molar-refractivity contribution >= 4 is 39.6 Å². The van der Waals surface area contributed by atoms with Gasteiger partial charge in [0.15, 0.2) is 10.8 Å². The Labute approximate surface area is 162 Å². The second-order valence-corrected chi connectivity index (χ2v) is 6.68. The van der Waals surface area contributed by atoms with Crippen molar-refractivity contribution in [2.75, 3.05) is 0 Å². The van der Waals surface area contributed by atoms with Crippen molar-refractivity contribution < 1.29 is 18.4 Å². The number of fused-ring (bicyclic) bond motifs is 1. The number of amides is 2. The van der Waals surface area contributed by atoms with E-state index in [1.165, 1.54) is 23.8 Å². The minimum absolute atomic E-state index is 0.118. The maximum absolute atomic E-state index is 11.7. The minimum Gasteiger partial charge on any atom is -0.467 e. The summed E-state index contributed by atoms with van der Waals surface area (Å²) in [5.74, 6) is -0.137. The summed E-state index contributed by atoms with van der Waals surface area (Å²) in [5, 5.41) is 6.91. The smallest absolute Gasteiger partial charge is 0.329 e. The van der Waals surface area contributed by atoms with Gasteiger partial charge < -0.3 is 14.2 Å². The van der Waals surface area contributed by atoms with E-state index >= 15 is 0 Å². The topological polar surface area (TPSA) is 110 Å². The highest BCUT2D eigenvalue weighted by Gasteiger charge is 2.13. The third kappa shape index (κ3) is 3.99. The lowest BCUT2D eigenvalue weighted by Gasteiger charge is -2.01. The predicted molar refractivity (Wildman–Crippen MR) is 104 cm³/mol. The molecule has 8 nitrogen and oxygen atoms in total. The lowest BCUT2D eigenvalue weighted by atomic mass is 10.3. The second kappa shape index (κ2) is 7.89. The predicted octanol–water partition coefficient (Wildman–Crippen LogP) is 2.92. The molecule has 0 aliphatic heterocycles. The fourth-order valence-electron chi connectivity index (χ4n) is 2.38. The van der Waals surface area contributed by atoms with E-state index in [2.05, 4.69) is 20.8 Å². The number of carbonyl (C=O) groups is 2. The Morgan fingerprint density at radius 1 is 1.11 bits per heavy atom. The van der Waals surface area contributed by atoms with Crippen LogP contribution in [0.4, 0.5) is 0 Å². The quantitative estimate of drug-likeness (QED) is 0.307. The van der Waals surface area contributed by atoms with Crippen LogP contribution < -0.4 is 10.7 Å². The van der Waals surface area contributed by atoms with Crippen LogP contribution >= 0.6 is 11.3 Å². The van der Waals surface area contributed by atoms with Crippen molar-refractivity contribution in [2.24, 2.45) is 5.10 Å². The Hall–Kier alpha value is -3.72. The zero-order valence-corrected chi connectivity index (χ0v) is 15.2. The van der Waals surface area contributed by atoms with Crippen LogP contribution in [-0.4, -0.2) is 23.0 Å². The van der Waals surface area contributed by atoms with Gasteiger partial charge >= 0.3 is 11.8 Å². The van der Waals surface area contributed by atoms with Gasteiger partial charge in [-0.2, -0.15) is 5.10 Å². The van der Waals surface area contributed by atoms with E-state index in [4.69, 9.17) is 8.83 Å². The number of nitrogens with zero attached hydrogens (tertiary/aromatic N) is 2. The summed E-state index contributed by atoms with van der Waals surface area (Å²) in [5.41, 5.74) is 3.05. The highest BCUT2D eigenvalue weighted by molar-refractivity contribution is 7.21. The van der Waals surface area contributed by atoms with Crippen molar-refractivity contribution in [3.8, 4) is 10.8 Å². The summed E-state index contributed by atoms with van der Waals surface area (Å²) in [6.45, 7) is 0.118. The highest BCUT2D eigenvalue weighted by Crippen LogP contribution is 2.30. The molecule has 0 saturated carbocycles. The molecule has 2 amide bonds. The van der Waals surface area contributed by atoms with Gasteiger partial charge in [0.25, 0.3) is 0 Å². The second-order valence-electron chi connectivity index (χ2n) is 5.65. The van der Waals surface area contributed by atoms with Crippen LogP contribution in [-0.2, 0) is 16.1 Å². The first-order valence-electron chi connectivity index (χ1n) is 8.28.